The summed E-state index contributed by atoms with van der Waals surface area (Å²) in [6.45, 7) is 0. The summed E-state index contributed by atoms with van der Waals surface area (Å²) in [5.74, 6) is -5.24. The molecule has 240 valence electrons. The Bertz CT molecular complexity index is 1810. The molecular formula is C26H24N8O9S3. The Morgan fingerprint density at radius 1 is 1.26 bits per heavy atom. The predicted octanol–water partition coefficient (Wildman–Crippen LogP) is -1.32. The zero-order chi connectivity index (χ0) is 33.3. The number of rotatable bonds is 11. The molecule has 2 aliphatic heterocycles. The Morgan fingerprint density at radius 3 is 2.67 bits per heavy atom. The van der Waals surface area contributed by atoms with Crippen molar-refractivity contribution < 1.29 is 49.0 Å². The topological polar surface area (TPSA) is 271 Å². The van der Waals surface area contributed by atoms with Crippen molar-refractivity contribution in [1.82, 2.24) is 20.2 Å². The van der Waals surface area contributed by atoms with Crippen LogP contribution in [0.5, 0.6) is 11.5 Å². The van der Waals surface area contributed by atoms with E-state index in [9.17, 15) is 39.6 Å². The van der Waals surface area contributed by atoms with E-state index in [1.165, 1.54) is 35.0 Å². The van der Waals surface area contributed by atoms with Crippen LogP contribution in [-0.4, -0.2) is 82.6 Å². The molecule has 8 N–H and O–H groups in total. The molecule has 0 unspecified atom stereocenters. The van der Waals surface area contributed by atoms with Crippen LogP contribution < -0.4 is 26.5 Å². The van der Waals surface area contributed by atoms with Crippen LogP contribution in [0.3, 0.4) is 0 Å². The number of carbonyl (C=O) groups is 4. The van der Waals surface area contributed by atoms with Gasteiger partial charge in [0.25, 0.3) is 11.8 Å². The lowest BCUT2D eigenvalue weighted by molar-refractivity contribution is -0.713. The number of hydrogen-bond acceptors (Lipinski definition) is 16. The first kappa shape index (κ1) is 32.3. The van der Waals surface area contributed by atoms with E-state index in [0.717, 1.165) is 28.4 Å². The molecule has 0 aliphatic carbocycles. The minimum Gasteiger partial charge on any atom is -0.543 e. The molecule has 46 heavy (non-hydrogen) atoms. The Morgan fingerprint density at radius 2 is 2.02 bits per heavy atom. The van der Waals surface area contributed by atoms with Crippen molar-refractivity contribution in [3.8, 4) is 11.5 Å². The summed E-state index contributed by atoms with van der Waals surface area (Å²) >= 11 is 3.41. The Hall–Kier alpha value is -5.08. The number of carboxylic acid groups (broad SMARTS) is 2. The standard InChI is InChI=1S/C26H24N8O9S3/c1-33-5-4-15(27)30-26(33)46-8-11-7-44-22-17(21(38)34(22)18(11)23(39)40)31-20(37)16(12-9-45-25(28)29-12)32-43-19(24(41)42)10-2-3-13(35)14(36)6-10/h2-6,9,17,19,22,27H,7-8H2,1H3,(H7,28,29,31,32,35,36,37,39,40,41,42)/t17-,19+,22-/m1/s1. The van der Waals surface area contributed by atoms with Gasteiger partial charge in [-0.05, 0) is 34.5 Å². The highest BCUT2D eigenvalue weighted by molar-refractivity contribution is 8.01. The number of phenolic OH excluding ortho intramolecular Hbond substituents is 2. The molecule has 0 bridgehead atoms. The van der Waals surface area contributed by atoms with Gasteiger partial charge < -0.3 is 46.8 Å². The molecule has 1 aromatic carbocycles. The number of nitrogens with two attached hydrogens (primary N) is 2. The number of thiazole rings is 1. The molecule has 3 aromatic rings. The van der Waals surface area contributed by atoms with Crippen LogP contribution in [0.25, 0.3) is 0 Å². The second-order valence-corrected chi connectivity index (χ2v) is 12.7. The highest BCUT2D eigenvalue weighted by Gasteiger charge is 2.53. The van der Waals surface area contributed by atoms with Crippen molar-refractivity contribution in [2.24, 2.45) is 12.2 Å². The molecule has 0 spiro atoms. The van der Waals surface area contributed by atoms with Crippen molar-refractivity contribution in [2.45, 2.75) is 22.7 Å². The van der Waals surface area contributed by atoms with Crippen LogP contribution in [-0.2, 0) is 31.1 Å². The van der Waals surface area contributed by atoms with Crippen LogP contribution in [0.2, 0.25) is 0 Å². The summed E-state index contributed by atoms with van der Waals surface area (Å²) in [5.41, 5.74) is 10.9. The predicted molar refractivity (Wildman–Crippen MR) is 162 cm³/mol. The van der Waals surface area contributed by atoms with Gasteiger partial charge in [0.05, 0.1) is 24.9 Å². The molecule has 2 aliphatic rings. The van der Waals surface area contributed by atoms with Gasteiger partial charge in [-0.25, -0.2) is 14.3 Å². The van der Waals surface area contributed by atoms with Crippen molar-refractivity contribution >= 4 is 75.3 Å². The maximum absolute atomic E-state index is 13.4. The largest absolute Gasteiger partial charge is 0.543 e. The minimum absolute atomic E-state index is 0.0543. The first-order valence-corrected chi connectivity index (χ1v) is 15.9. The van der Waals surface area contributed by atoms with E-state index in [-0.39, 0.29) is 39.4 Å². The van der Waals surface area contributed by atoms with Crippen LogP contribution in [0.15, 0.2) is 57.4 Å². The number of nitrogens with zero attached hydrogens (tertiary/aromatic N) is 5. The summed E-state index contributed by atoms with van der Waals surface area (Å²) < 4.78 is 1.71. The molecule has 0 saturated carbocycles. The number of aromatic nitrogens is 3. The second kappa shape index (κ2) is 13.1. The number of aromatic hydroxyl groups is 2. The first-order valence-electron chi connectivity index (χ1n) is 13.0. The summed E-state index contributed by atoms with van der Waals surface area (Å²) in [5, 5.41) is 48.6. The van der Waals surface area contributed by atoms with Crippen LogP contribution >= 0.6 is 34.9 Å². The molecule has 2 aromatic heterocycles. The lowest BCUT2D eigenvalue weighted by Gasteiger charge is -2.50. The van der Waals surface area contributed by atoms with Crippen LogP contribution in [0, 0.1) is 0 Å². The number of aliphatic carboxylic acids is 2. The summed E-state index contributed by atoms with van der Waals surface area (Å²) in [6, 6.07) is 3.60. The smallest absolute Gasteiger partial charge is 0.361 e. The monoisotopic (exact) mass is 688 g/mol. The van der Waals surface area contributed by atoms with Crippen molar-refractivity contribution in [2.75, 3.05) is 23.0 Å². The van der Waals surface area contributed by atoms with Gasteiger partial charge in [0.1, 0.15) is 17.1 Å². The minimum atomic E-state index is -1.82. The van der Waals surface area contributed by atoms with Crippen LogP contribution in [0.1, 0.15) is 17.4 Å². The normalized spacial score (nSPS) is 18.4. The number of benzene rings is 1. The zero-order valence-corrected chi connectivity index (χ0v) is 26.0. The number of fused-ring (bicyclic) bond motifs is 1. The fourth-order valence-corrected chi connectivity index (χ4v) is 7.41. The van der Waals surface area contributed by atoms with Gasteiger partial charge in [-0.1, -0.05) is 11.2 Å². The van der Waals surface area contributed by atoms with Crippen molar-refractivity contribution in [1.29, 1.82) is 0 Å². The van der Waals surface area contributed by atoms with Crippen molar-refractivity contribution in [3.05, 3.63) is 58.4 Å². The van der Waals surface area contributed by atoms with Gasteiger partial charge in [-0.15, -0.1) is 23.1 Å². The number of carboxylic acids is 2. The number of nitrogen functional groups attached to an aromatic ring is 2. The molecule has 3 atom stereocenters. The van der Waals surface area contributed by atoms with Gasteiger partial charge >= 0.3 is 11.1 Å². The number of hydrogen-bond donors (Lipinski definition) is 6. The fourth-order valence-electron chi connectivity index (χ4n) is 4.42. The van der Waals surface area contributed by atoms with Gasteiger partial charge in [-0.3, -0.25) is 14.5 Å². The SMILES string of the molecule is C[n+]1ccc(N)nc1SCC1=C(C(=O)[O-])N2C(=O)[C@@H](NC(=O)/C(=N\O[C@H](C(=O)O)c3ccc(O)c(O)c3)c3csc(N)n3)[C@H]2SC1. The number of thioether (sulfide) groups is 2. The number of aryl methyl sites for hydroxylation is 1. The lowest BCUT2D eigenvalue weighted by atomic mass is 10.0. The lowest BCUT2D eigenvalue weighted by Crippen LogP contribution is -2.71. The Balaban J connectivity index is 1.35. The maximum atomic E-state index is 13.4. The molecule has 17 nitrogen and oxygen atoms in total. The van der Waals surface area contributed by atoms with Crippen LogP contribution in [0.4, 0.5) is 10.9 Å². The number of nitrogens with one attached hydrogen (secondary N) is 1. The molecule has 1 saturated heterocycles. The average Bonchev–Trinajstić information content (AvgIpc) is 3.44. The van der Waals surface area contributed by atoms with E-state index in [0.29, 0.717) is 10.7 Å². The van der Waals surface area contributed by atoms with Gasteiger partial charge in [0.15, 0.2) is 22.3 Å². The quantitative estimate of drug-likeness (QED) is 0.0259. The number of amides is 2. The molecular weight excluding hydrogens is 665 g/mol. The summed E-state index contributed by atoms with van der Waals surface area (Å²) in [6.07, 6.45) is -0.115. The number of carbonyl (C=O) groups excluding carboxylic acids is 3. The first-order chi connectivity index (χ1) is 21.8. The summed E-state index contributed by atoms with van der Waals surface area (Å²) in [7, 11) is 1.75. The third kappa shape index (κ3) is 6.48. The van der Waals surface area contributed by atoms with Gasteiger partial charge in [0, 0.05) is 28.5 Å². The average molecular weight is 689 g/mol. The fraction of sp³-hybridized carbons (Fsp3) is 0.231. The molecule has 5 rings (SSSR count). The van der Waals surface area contributed by atoms with E-state index in [2.05, 4.69) is 20.4 Å². The highest BCUT2D eigenvalue weighted by Crippen LogP contribution is 2.41. The highest BCUT2D eigenvalue weighted by atomic mass is 32.2. The number of phenols is 2. The third-order valence-electron chi connectivity index (χ3n) is 6.65. The number of oxime groups is 1. The Labute approximate surface area is 271 Å². The van der Waals surface area contributed by atoms with E-state index >= 15 is 0 Å². The molecule has 1 fully saturated rings. The molecule has 0 radical (unpaired) electrons. The molecule has 20 heteroatoms. The number of β-lactam (4-membered cyclic amide) rings is 1. The van der Waals surface area contributed by atoms with E-state index in [4.69, 9.17) is 16.3 Å². The maximum Gasteiger partial charge on any atom is 0.361 e. The van der Waals surface area contributed by atoms with E-state index in [1.54, 1.807) is 23.9 Å². The summed E-state index contributed by atoms with van der Waals surface area (Å²) in [4.78, 5) is 65.2. The third-order valence-corrected chi connectivity index (χ3v) is 9.80. The molecule has 4 heterocycles. The van der Waals surface area contributed by atoms with Crippen molar-refractivity contribution in [3.63, 3.8) is 0 Å². The zero-order valence-electron chi connectivity index (χ0n) is 23.5. The molecule has 2 amide bonds. The van der Waals surface area contributed by atoms with Gasteiger partial charge in [-0.2, -0.15) is 0 Å². The van der Waals surface area contributed by atoms with E-state index in [1.807, 2.05) is 0 Å². The second-order valence-electron chi connectivity index (χ2n) is 9.72. The number of anilines is 2. The Kier molecular flexibility index (Phi) is 9.21. The van der Waals surface area contributed by atoms with E-state index < -0.39 is 58.5 Å². The van der Waals surface area contributed by atoms with Gasteiger partial charge in [0.2, 0.25) is 11.9 Å².